The van der Waals surface area contributed by atoms with Gasteiger partial charge in [0.25, 0.3) is 0 Å². The molecule has 0 spiro atoms. The third kappa shape index (κ3) is 4.21. The van der Waals surface area contributed by atoms with E-state index in [1.165, 1.54) is 0 Å². The quantitative estimate of drug-likeness (QED) is 0.789. The molecule has 2 rings (SSSR count). The Balaban J connectivity index is 0.00000200. The molecule has 0 aliphatic carbocycles. The summed E-state index contributed by atoms with van der Waals surface area (Å²) < 4.78 is 0. The van der Waals surface area contributed by atoms with E-state index in [1.54, 1.807) is 25.1 Å². The van der Waals surface area contributed by atoms with Crippen molar-refractivity contribution in [1.29, 1.82) is 0 Å². The first-order chi connectivity index (χ1) is 9.06. The minimum Gasteiger partial charge on any atom is -0.366 e. The average molecular weight is 298 g/mol. The van der Waals surface area contributed by atoms with Crippen LogP contribution in [-0.4, -0.2) is 24.4 Å². The number of rotatable bonds is 4. The van der Waals surface area contributed by atoms with Crippen molar-refractivity contribution < 1.29 is 9.59 Å². The Kier molecular flexibility index (Phi) is 5.98. The van der Waals surface area contributed by atoms with Gasteiger partial charge < -0.3 is 16.4 Å². The summed E-state index contributed by atoms with van der Waals surface area (Å²) in [6, 6.07) is 5.39. The lowest BCUT2D eigenvalue weighted by Gasteiger charge is -2.11. The third-order valence-corrected chi connectivity index (χ3v) is 3.37. The summed E-state index contributed by atoms with van der Waals surface area (Å²) in [6.07, 6.45) is 2.66. The van der Waals surface area contributed by atoms with Crippen LogP contribution in [0.3, 0.4) is 0 Å². The number of halogens is 1. The van der Waals surface area contributed by atoms with Gasteiger partial charge >= 0.3 is 0 Å². The normalized spacial score (nSPS) is 17.4. The zero-order valence-electron chi connectivity index (χ0n) is 11.4. The summed E-state index contributed by atoms with van der Waals surface area (Å²) >= 11 is 0. The van der Waals surface area contributed by atoms with Crippen molar-refractivity contribution in [3.8, 4) is 0 Å². The third-order valence-electron chi connectivity index (χ3n) is 3.37. The van der Waals surface area contributed by atoms with Crippen LogP contribution < -0.4 is 16.4 Å². The SMILES string of the molecule is Cc1cc(NC(=O)CC2CCCN2)ccc1C(N)=O.Cl. The summed E-state index contributed by atoms with van der Waals surface area (Å²) in [6.45, 7) is 2.79. The van der Waals surface area contributed by atoms with E-state index < -0.39 is 5.91 Å². The molecule has 0 radical (unpaired) electrons. The van der Waals surface area contributed by atoms with Gasteiger partial charge in [0.15, 0.2) is 0 Å². The van der Waals surface area contributed by atoms with Gasteiger partial charge in [0.2, 0.25) is 11.8 Å². The Morgan fingerprint density at radius 1 is 1.45 bits per heavy atom. The number of carbonyl (C=O) groups excluding carboxylic acids is 2. The van der Waals surface area contributed by atoms with E-state index in [0.29, 0.717) is 17.7 Å². The fraction of sp³-hybridized carbons (Fsp3) is 0.429. The van der Waals surface area contributed by atoms with Crippen LogP contribution in [0.4, 0.5) is 5.69 Å². The summed E-state index contributed by atoms with van der Waals surface area (Å²) in [4.78, 5) is 23.0. The van der Waals surface area contributed by atoms with Gasteiger partial charge in [-0.15, -0.1) is 12.4 Å². The lowest BCUT2D eigenvalue weighted by Crippen LogP contribution is -2.27. The number of nitrogens with one attached hydrogen (secondary N) is 2. The van der Waals surface area contributed by atoms with Gasteiger partial charge in [-0.1, -0.05) is 0 Å². The molecular weight excluding hydrogens is 278 g/mol. The van der Waals surface area contributed by atoms with Crippen molar-refractivity contribution in [2.45, 2.75) is 32.2 Å². The van der Waals surface area contributed by atoms with Crippen molar-refractivity contribution in [3.05, 3.63) is 29.3 Å². The predicted octanol–water partition coefficient (Wildman–Crippen LogP) is 1.60. The molecular formula is C14H20ClN3O2. The monoisotopic (exact) mass is 297 g/mol. The summed E-state index contributed by atoms with van der Waals surface area (Å²) in [5, 5.41) is 6.13. The number of anilines is 1. The van der Waals surface area contributed by atoms with E-state index in [2.05, 4.69) is 10.6 Å². The fourth-order valence-electron chi connectivity index (χ4n) is 2.38. The van der Waals surface area contributed by atoms with Crippen molar-refractivity contribution in [2.24, 2.45) is 5.73 Å². The molecule has 0 saturated carbocycles. The predicted molar refractivity (Wildman–Crippen MR) is 81.2 cm³/mol. The zero-order valence-corrected chi connectivity index (χ0v) is 12.3. The molecule has 1 aliphatic rings. The smallest absolute Gasteiger partial charge is 0.248 e. The number of amides is 2. The molecule has 1 fully saturated rings. The number of primary amides is 1. The maximum Gasteiger partial charge on any atom is 0.248 e. The number of hydrogen-bond acceptors (Lipinski definition) is 3. The second-order valence-corrected chi connectivity index (χ2v) is 4.94. The van der Waals surface area contributed by atoms with E-state index in [9.17, 15) is 9.59 Å². The molecule has 1 heterocycles. The molecule has 1 atom stereocenters. The van der Waals surface area contributed by atoms with Gasteiger partial charge in [-0.25, -0.2) is 0 Å². The Morgan fingerprint density at radius 2 is 2.20 bits per heavy atom. The first-order valence-electron chi connectivity index (χ1n) is 6.50. The number of carbonyl (C=O) groups is 2. The Labute approximate surface area is 124 Å². The highest BCUT2D eigenvalue weighted by Gasteiger charge is 2.17. The van der Waals surface area contributed by atoms with Crippen molar-refractivity contribution in [2.75, 3.05) is 11.9 Å². The van der Waals surface area contributed by atoms with Crippen molar-refractivity contribution in [1.82, 2.24) is 5.32 Å². The van der Waals surface area contributed by atoms with Crippen LogP contribution in [0.25, 0.3) is 0 Å². The van der Waals surface area contributed by atoms with E-state index in [-0.39, 0.29) is 24.4 Å². The molecule has 110 valence electrons. The van der Waals surface area contributed by atoms with Crippen molar-refractivity contribution >= 4 is 29.9 Å². The number of aryl methyl sites for hydroxylation is 1. The molecule has 2 amide bonds. The maximum atomic E-state index is 11.9. The fourth-order valence-corrected chi connectivity index (χ4v) is 2.38. The first-order valence-corrected chi connectivity index (χ1v) is 6.50. The van der Waals surface area contributed by atoms with E-state index in [4.69, 9.17) is 5.73 Å². The van der Waals surface area contributed by atoms with Crippen LogP contribution in [-0.2, 0) is 4.79 Å². The Bertz CT molecular complexity index is 499. The molecule has 1 aromatic carbocycles. The molecule has 5 nitrogen and oxygen atoms in total. The van der Waals surface area contributed by atoms with Crippen LogP contribution in [0.1, 0.15) is 35.2 Å². The topological polar surface area (TPSA) is 84.2 Å². The van der Waals surface area contributed by atoms with Crippen LogP contribution >= 0.6 is 12.4 Å². The van der Waals surface area contributed by atoms with Gasteiger partial charge in [-0.2, -0.15) is 0 Å². The highest BCUT2D eigenvalue weighted by Crippen LogP contribution is 2.16. The van der Waals surface area contributed by atoms with Crippen LogP contribution in [0.2, 0.25) is 0 Å². The first kappa shape index (κ1) is 16.5. The van der Waals surface area contributed by atoms with Gasteiger partial charge in [0.05, 0.1) is 0 Å². The lowest BCUT2D eigenvalue weighted by atomic mass is 10.1. The molecule has 6 heteroatoms. The molecule has 0 aromatic heterocycles. The Hall–Kier alpha value is -1.59. The zero-order chi connectivity index (χ0) is 13.8. The van der Waals surface area contributed by atoms with Gasteiger partial charge in [-0.05, 0) is 50.1 Å². The molecule has 20 heavy (non-hydrogen) atoms. The number of hydrogen-bond donors (Lipinski definition) is 3. The van der Waals surface area contributed by atoms with Crippen LogP contribution in [0.5, 0.6) is 0 Å². The van der Waals surface area contributed by atoms with Crippen LogP contribution in [0, 0.1) is 6.92 Å². The van der Waals surface area contributed by atoms with E-state index in [0.717, 1.165) is 24.9 Å². The summed E-state index contributed by atoms with van der Waals surface area (Å²) in [5.41, 5.74) is 7.19. The molecule has 4 N–H and O–H groups in total. The molecule has 1 unspecified atom stereocenters. The van der Waals surface area contributed by atoms with E-state index >= 15 is 0 Å². The number of nitrogens with two attached hydrogens (primary N) is 1. The lowest BCUT2D eigenvalue weighted by molar-refractivity contribution is -0.116. The average Bonchev–Trinajstić information content (AvgIpc) is 2.81. The van der Waals surface area contributed by atoms with Crippen molar-refractivity contribution in [3.63, 3.8) is 0 Å². The second kappa shape index (κ2) is 7.26. The van der Waals surface area contributed by atoms with E-state index in [1.807, 2.05) is 0 Å². The van der Waals surface area contributed by atoms with Gasteiger partial charge in [0, 0.05) is 23.7 Å². The molecule has 0 bridgehead atoms. The molecule has 1 aliphatic heterocycles. The summed E-state index contributed by atoms with van der Waals surface area (Å²) in [5.74, 6) is -0.462. The second-order valence-electron chi connectivity index (χ2n) is 4.94. The largest absolute Gasteiger partial charge is 0.366 e. The minimum absolute atomic E-state index is 0. The maximum absolute atomic E-state index is 11.9. The molecule has 1 saturated heterocycles. The standard InChI is InChI=1S/C14H19N3O2.ClH/c1-9-7-11(4-5-12(9)14(15)19)17-13(18)8-10-3-2-6-16-10;/h4-5,7,10,16H,2-3,6,8H2,1H3,(H2,15,19)(H,17,18);1H. The highest BCUT2D eigenvalue weighted by atomic mass is 35.5. The Morgan fingerprint density at radius 3 is 2.75 bits per heavy atom. The molecule has 1 aromatic rings. The highest BCUT2D eigenvalue weighted by molar-refractivity contribution is 5.96. The minimum atomic E-state index is -0.453. The summed E-state index contributed by atoms with van der Waals surface area (Å²) in [7, 11) is 0. The van der Waals surface area contributed by atoms with Gasteiger partial charge in [0.1, 0.15) is 0 Å². The van der Waals surface area contributed by atoms with Gasteiger partial charge in [-0.3, -0.25) is 9.59 Å². The number of benzene rings is 1. The van der Waals surface area contributed by atoms with Crippen LogP contribution in [0.15, 0.2) is 18.2 Å².